The van der Waals surface area contributed by atoms with E-state index in [0.29, 0.717) is 16.3 Å². The second-order valence-corrected chi connectivity index (χ2v) is 5.57. The summed E-state index contributed by atoms with van der Waals surface area (Å²) in [6, 6.07) is 6.96. The Morgan fingerprint density at radius 2 is 2.08 bits per heavy atom. The largest absolute Gasteiger partial charge is 0.389 e. The number of thiazole rings is 1. The molecule has 0 aliphatic carbocycles. The molecule has 0 bridgehead atoms. The van der Waals surface area contributed by atoms with Crippen molar-refractivity contribution >= 4 is 28.1 Å². The zero-order chi connectivity index (χ0) is 17.1. The first-order chi connectivity index (χ1) is 11.5. The predicted molar refractivity (Wildman–Crippen MR) is 85.0 cm³/mol. The van der Waals surface area contributed by atoms with E-state index in [2.05, 4.69) is 15.4 Å². The molecule has 0 atom stereocenters. The molecule has 122 valence electrons. The third-order valence-electron chi connectivity index (χ3n) is 3.06. The van der Waals surface area contributed by atoms with Gasteiger partial charge in [-0.05, 0) is 29.2 Å². The van der Waals surface area contributed by atoms with Gasteiger partial charge in [0.2, 0.25) is 5.91 Å². The number of hydrogen-bond acceptors (Lipinski definition) is 6. The summed E-state index contributed by atoms with van der Waals surface area (Å²) in [7, 11) is 0. The molecule has 1 amide bonds. The van der Waals surface area contributed by atoms with Crippen molar-refractivity contribution in [3.05, 3.63) is 58.0 Å². The van der Waals surface area contributed by atoms with Crippen molar-refractivity contribution in [2.24, 2.45) is 0 Å². The smallest absolute Gasteiger partial charge is 0.358 e. The van der Waals surface area contributed by atoms with Gasteiger partial charge in [-0.1, -0.05) is 0 Å². The van der Waals surface area contributed by atoms with Crippen LogP contribution in [0.1, 0.15) is 0 Å². The molecule has 3 rings (SSSR count). The topological polar surface area (TPSA) is 103 Å². The van der Waals surface area contributed by atoms with E-state index in [1.54, 1.807) is 17.6 Å². The number of nitrogens with one attached hydrogen (secondary N) is 1. The van der Waals surface area contributed by atoms with E-state index in [-0.39, 0.29) is 18.2 Å². The number of hydrogen-bond donors (Lipinski definition) is 1. The van der Waals surface area contributed by atoms with Crippen LogP contribution in [-0.4, -0.2) is 25.6 Å². The third kappa shape index (κ3) is 3.43. The van der Waals surface area contributed by atoms with E-state index in [9.17, 15) is 19.3 Å². The van der Waals surface area contributed by atoms with Crippen LogP contribution in [0, 0.1) is 15.9 Å². The summed E-state index contributed by atoms with van der Waals surface area (Å²) in [5, 5.41) is 17.4. The van der Waals surface area contributed by atoms with Crippen LogP contribution >= 0.6 is 11.3 Å². The maximum absolute atomic E-state index is 13.0. The Bertz CT molecular complexity index is 890. The normalized spacial score (nSPS) is 10.5. The summed E-state index contributed by atoms with van der Waals surface area (Å²) in [6.07, 6.45) is 1.35. The minimum Gasteiger partial charge on any atom is -0.358 e. The molecule has 0 unspecified atom stereocenters. The van der Waals surface area contributed by atoms with Crippen molar-refractivity contribution in [1.82, 2.24) is 14.8 Å². The van der Waals surface area contributed by atoms with Gasteiger partial charge >= 0.3 is 5.82 Å². The minimum absolute atomic E-state index is 0.172. The lowest BCUT2D eigenvalue weighted by molar-refractivity contribution is -0.389. The van der Waals surface area contributed by atoms with Crippen LogP contribution in [0.5, 0.6) is 0 Å². The molecular weight excluding hydrogens is 337 g/mol. The van der Waals surface area contributed by atoms with Crippen molar-refractivity contribution < 1.29 is 14.1 Å². The van der Waals surface area contributed by atoms with E-state index in [1.807, 2.05) is 0 Å². The molecule has 10 heteroatoms. The number of halogens is 1. The van der Waals surface area contributed by atoms with Crippen LogP contribution in [0.4, 0.5) is 15.2 Å². The molecule has 8 nitrogen and oxygen atoms in total. The molecule has 0 aliphatic rings. The number of carbonyl (C=O) groups is 1. The van der Waals surface area contributed by atoms with Gasteiger partial charge in [0, 0.05) is 5.56 Å². The molecule has 0 spiro atoms. The summed E-state index contributed by atoms with van der Waals surface area (Å²) >= 11 is 1.22. The van der Waals surface area contributed by atoms with Crippen LogP contribution in [0.25, 0.3) is 11.3 Å². The summed E-state index contributed by atoms with van der Waals surface area (Å²) in [5.41, 5.74) is 2.76. The van der Waals surface area contributed by atoms with Gasteiger partial charge in [-0.15, -0.1) is 11.3 Å². The molecular formula is C14H10FN5O3S. The predicted octanol–water partition coefficient (Wildman–Crippen LogP) is 2.69. The Balaban J connectivity index is 1.72. The van der Waals surface area contributed by atoms with Crippen molar-refractivity contribution in [3.63, 3.8) is 0 Å². The lowest BCUT2D eigenvalue weighted by Crippen LogP contribution is -2.19. The summed E-state index contributed by atoms with van der Waals surface area (Å²) in [5.74, 6) is -1.09. The Morgan fingerprint density at radius 1 is 1.33 bits per heavy atom. The van der Waals surface area contributed by atoms with Crippen molar-refractivity contribution in [2.45, 2.75) is 6.54 Å². The minimum atomic E-state index is -0.635. The molecule has 0 fully saturated rings. The van der Waals surface area contributed by atoms with Crippen LogP contribution in [0.3, 0.4) is 0 Å². The van der Waals surface area contributed by atoms with Crippen molar-refractivity contribution in [3.8, 4) is 11.3 Å². The van der Waals surface area contributed by atoms with E-state index in [0.717, 1.165) is 0 Å². The highest BCUT2D eigenvalue weighted by Crippen LogP contribution is 2.30. The first-order valence-corrected chi connectivity index (χ1v) is 7.58. The first kappa shape index (κ1) is 15.7. The highest BCUT2D eigenvalue weighted by Gasteiger charge is 2.16. The Kier molecular flexibility index (Phi) is 4.29. The van der Waals surface area contributed by atoms with E-state index in [1.165, 1.54) is 40.4 Å². The lowest BCUT2D eigenvalue weighted by Gasteiger charge is -2.04. The first-order valence-electron chi connectivity index (χ1n) is 6.70. The maximum Gasteiger partial charge on any atom is 0.389 e. The van der Waals surface area contributed by atoms with Gasteiger partial charge in [-0.3, -0.25) is 4.79 Å². The van der Waals surface area contributed by atoms with Gasteiger partial charge in [-0.25, -0.2) is 9.37 Å². The van der Waals surface area contributed by atoms with Crippen LogP contribution < -0.4 is 5.32 Å². The fourth-order valence-corrected chi connectivity index (χ4v) is 2.72. The highest BCUT2D eigenvalue weighted by molar-refractivity contribution is 7.14. The monoisotopic (exact) mass is 347 g/mol. The zero-order valence-corrected chi connectivity index (χ0v) is 12.9. The van der Waals surface area contributed by atoms with Crippen LogP contribution in [-0.2, 0) is 11.3 Å². The average Bonchev–Trinajstić information content (AvgIpc) is 3.17. The molecule has 0 saturated heterocycles. The quantitative estimate of drug-likeness (QED) is 0.564. The van der Waals surface area contributed by atoms with Gasteiger partial charge in [0.15, 0.2) is 0 Å². The van der Waals surface area contributed by atoms with Crippen LogP contribution in [0.15, 0.2) is 42.0 Å². The lowest BCUT2D eigenvalue weighted by atomic mass is 10.1. The molecule has 0 saturated carbocycles. The Hall–Kier alpha value is -3.14. The van der Waals surface area contributed by atoms with Crippen LogP contribution in [0.2, 0.25) is 0 Å². The maximum atomic E-state index is 13.0. The number of nitrogens with zero attached hydrogens (tertiary/aromatic N) is 4. The number of aromatic nitrogens is 3. The molecule has 0 aliphatic heterocycles. The third-order valence-corrected chi connectivity index (χ3v) is 3.80. The number of rotatable bonds is 5. The standard InChI is InChI=1S/C14H10FN5O3S/c15-10-3-1-9(2-4-10)13-14(24-8-16-13)17-12(21)7-19-6-5-11(18-19)20(22)23/h1-6,8H,7H2,(H,17,21). The van der Waals surface area contributed by atoms with Gasteiger partial charge in [0.25, 0.3) is 0 Å². The SMILES string of the molecule is O=C(Cn1ccc([N+](=O)[O-])n1)Nc1scnc1-c1ccc(F)cc1. The summed E-state index contributed by atoms with van der Waals surface area (Å²) < 4.78 is 14.2. The highest BCUT2D eigenvalue weighted by atomic mass is 32.1. The zero-order valence-electron chi connectivity index (χ0n) is 12.0. The Labute approximate surface area is 138 Å². The fourth-order valence-electron chi connectivity index (χ4n) is 2.00. The summed E-state index contributed by atoms with van der Waals surface area (Å²) in [4.78, 5) is 26.2. The van der Waals surface area contributed by atoms with E-state index >= 15 is 0 Å². The summed E-state index contributed by atoms with van der Waals surface area (Å²) in [6.45, 7) is -0.172. The molecule has 2 aromatic heterocycles. The van der Waals surface area contributed by atoms with Gasteiger partial charge in [-0.2, -0.15) is 4.68 Å². The van der Waals surface area contributed by atoms with E-state index < -0.39 is 10.8 Å². The second kappa shape index (κ2) is 6.54. The van der Waals surface area contributed by atoms with E-state index in [4.69, 9.17) is 0 Å². The second-order valence-electron chi connectivity index (χ2n) is 4.71. The van der Waals surface area contributed by atoms with Gasteiger partial charge < -0.3 is 15.4 Å². The van der Waals surface area contributed by atoms with Crippen molar-refractivity contribution in [2.75, 3.05) is 5.32 Å². The molecule has 0 radical (unpaired) electrons. The van der Waals surface area contributed by atoms with Gasteiger partial charge in [0.05, 0.1) is 22.9 Å². The molecule has 1 aromatic carbocycles. The Morgan fingerprint density at radius 3 is 2.75 bits per heavy atom. The molecule has 24 heavy (non-hydrogen) atoms. The molecule has 3 aromatic rings. The number of amides is 1. The number of nitro groups is 1. The number of benzene rings is 1. The molecule has 1 N–H and O–H groups in total. The molecule has 2 heterocycles. The van der Waals surface area contributed by atoms with Crippen molar-refractivity contribution in [1.29, 1.82) is 0 Å². The number of anilines is 1. The number of carbonyl (C=O) groups excluding carboxylic acids is 1. The average molecular weight is 347 g/mol. The fraction of sp³-hybridized carbons (Fsp3) is 0.0714. The van der Waals surface area contributed by atoms with Gasteiger partial charge in [0.1, 0.15) is 23.1 Å².